The highest BCUT2D eigenvalue weighted by Crippen LogP contribution is 2.29. The van der Waals surface area contributed by atoms with E-state index in [1.807, 2.05) is 19.1 Å². The Labute approximate surface area is 113 Å². The lowest BCUT2D eigenvalue weighted by atomic mass is 10.2. The fourth-order valence-electron chi connectivity index (χ4n) is 1.48. The van der Waals surface area contributed by atoms with Crippen LogP contribution in [0.3, 0.4) is 0 Å². The number of hydrogen-bond acceptors (Lipinski definition) is 4. The fourth-order valence-corrected chi connectivity index (χ4v) is 1.60. The Morgan fingerprint density at radius 1 is 1.33 bits per heavy atom. The van der Waals surface area contributed by atoms with Gasteiger partial charge in [-0.2, -0.15) is 0 Å². The standard InChI is InChI=1S/C13H19NO3S/c1-9(6-7-15-2)17-11-5-4-10(13(14)18)8-12(11)16-3/h4-5,8-9H,6-7H2,1-3H3,(H2,14,18). The molecular formula is C13H19NO3S. The van der Waals surface area contributed by atoms with E-state index in [1.165, 1.54) is 0 Å². The van der Waals surface area contributed by atoms with Gasteiger partial charge >= 0.3 is 0 Å². The van der Waals surface area contributed by atoms with E-state index in [0.717, 1.165) is 12.0 Å². The summed E-state index contributed by atoms with van der Waals surface area (Å²) in [6.45, 7) is 2.65. The SMILES string of the molecule is COCCC(C)Oc1ccc(C(N)=S)cc1OC. The van der Waals surface area contributed by atoms with Gasteiger partial charge in [-0.1, -0.05) is 12.2 Å². The van der Waals surface area contributed by atoms with Gasteiger partial charge in [-0.05, 0) is 25.1 Å². The number of benzene rings is 1. The Bertz CT molecular complexity index is 409. The van der Waals surface area contributed by atoms with Gasteiger partial charge in [0, 0.05) is 25.7 Å². The van der Waals surface area contributed by atoms with Gasteiger partial charge in [0.1, 0.15) is 4.99 Å². The van der Waals surface area contributed by atoms with Crippen LogP contribution in [0.5, 0.6) is 11.5 Å². The Morgan fingerprint density at radius 2 is 2.06 bits per heavy atom. The topological polar surface area (TPSA) is 53.7 Å². The lowest BCUT2D eigenvalue weighted by molar-refractivity contribution is 0.132. The number of methoxy groups -OCH3 is 2. The first kappa shape index (κ1) is 14.7. The molecule has 0 aliphatic rings. The zero-order valence-corrected chi connectivity index (χ0v) is 11.8. The molecule has 0 aromatic heterocycles. The molecule has 0 heterocycles. The third-order valence-electron chi connectivity index (χ3n) is 2.50. The average molecular weight is 269 g/mol. The molecule has 4 nitrogen and oxygen atoms in total. The summed E-state index contributed by atoms with van der Waals surface area (Å²) >= 11 is 4.92. The average Bonchev–Trinajstić information content (AvgIpc) is 2.36. The molecule has 0 fully saturated rings. The molecule has 0 radical (unpaired) electrons. The molecule has 0 aliphatic heterocycles. The summed E-state index contributed by atoms with van der Waals surface area (Å²) in [5.41, 5.74) is 6.34. The molecule has 1 aromatic rings. The Hall–Kier alpha value is -1.33. The van der Waals surface area contributed by atoms with Crippen LogP contribution < -0.4 is 15.2 Å². The van der Waals surface area contributed by atoms with Crippen molar-refractivity contribution >= 4 is 17.2 Å². The van der Waals surface area contributed by atoms with Crippen molar-refractivity contribution in [3.63, 3.8) is 0 Å². The van der Waals surface area contributed by atoms with Gasteiger partial charge in [-0.3, -0.25) is 0 Å². The zero-order chi connectivity index (χ0) is 13.5. The predicted molar refractivity (Wildman–Crippen MR) is 75.5 cm³/mol. The summed E-state index contributed by atoms with van der Waals surface area (Å²) in [6.07, 6.45) is 0.867. The van der Waals surface area contributed by atoms with Gasteiger partial charge in [-0.25, -0.2) is 0 Å². The first-order chi connectivity index (χ1) is 8.58. The molecule has 0 saturated heterocycles. The van der Waals surface area contributed by atoms with E-state index in [2.05, 4.69) is 0 Å². The van der Waals surface area contributed by atoms with E-state index < -0.39 is 0 Å². The van der Waals surface area contributed by atoms with Crippen LogP contribution in [0, 0.1) is 0 Å². The minimum atomic E-state index is 0.0505. The van der Waals surface area contributed by atoms with Gasteiger partial charge < -0.3 is 19.9 Å². The second-order valence-corrected chi connectivity index (χ2v) is 4.38. The summed E-state index contributed by atoms with van der Waals surface area (Å²) < 4.78 is 16.1. The lowest BCUT2D eigenvalue weighted by Gasteiger charge is -2.17. The van der Waals surface area contributed by atoms with Gasteiger partial charge in [0.15, 0.2) is 11.5 Å². The van der Waals surface area contributed by atoms with Crippen LogP contribution in [-0.2, 0) is 4.74 Å². The molecule has 100 valence electrons. The van der Waals surface area contributed by atoms with Crippen molar-refractivity contribution in [2.75, 3.05) is 20.8 Å². The Morgan fingerprint density at radius 3 is 2.61 bits per heavy atom. The van der Waals surface area contributed by atoms with Gasteiger partial charge in [0.25, 0.3) is 0 Å². The highest BCUT2D eigenvalue weighted by molar-refractivity contribution is 7.80. The van der Waals surface area contributed by atoms with Crippen molar-refractivity contribution in [3.05, 3.63) is 23.8 Å². The molecule has 0 aliphatic carbocycles. The summed E-state index contributed by atoms with van der Waals surface area (Å²) in [4.78, 5) is 0.340. The smallest absolute Gasteiger partial charge is 0.161 e. The highest BCUT2D eigenvalue weighted by Gasteiger charge is 2.10. The molecule has 5 heteroatoms. The zero-order valence-electron chi connectivity index (χ0n) is 10.9. The van der Waals surface area contributed by atoms with Crippen LogP contribution in [0.1, 0.15) is 18.9 Å². The first-order valence-corrected chi connectivity index (χ1v) is 6.12. The van der Waals surface area contributed by atoms with Gasteiger partial charge in [-0.15, -0.1) is 0 Å². The van der Waals surface area contributed by atoms with Crippen molar-refractivity contribution < 1.29 is 14.2 Å². The van der Waals surface area contributed by atoms with Crippen LogP contribution in [0.2, 0.25) is 0 Å². The lowest BCUT2D eigenvalue weighted by Crippen LogP contribution is -2.15. The van der Waals surface area contributed by atoms with Gasteiger partial charge in [0.05, 0.1) is 13.2 Å². The number of rotatable bonds is 7. The third-order valence-corrected chi connectivity index (χ3v) is 2.74. The molecule has 0 bridgehead atoms. The van der Waals surface area contributed by atoms with Crippen LogP contribution >= 0.6 is 12.2 Å². The molecule has 0 spiro atoms. The van der Waals surface area contributed by atoms with E-state index >= 15 is 0 Å². The van der Waals surface area contributed by atoms with Crippen LogP contribution in [0.4, 0.5) is 0 Å². The molecule has 0 amide bonds. The fraction of sp³-hybridized carbons (Fsp3) is 0.462. The van der Waals surface area contributed by atoms with E-state index in [1.54, 1.807) is 20.3 Å². The molecule has 1 aromatic carbocycles. The molecule has 0 saturated carbocycles. The maximum atomic E-state index is 5.78. The minimum Gasteiger partial charge on any atom is -0.493 e. The summed E-state index contributed by atoms with van der Waals surface area (Å²) in [5.74, 6) is 1.31. The van der Waals surface area contributed by atoms with Crippen LogP contribution in [0.25, 0.3) is 0 Å². The largest absolute Gasteiger partial charge is 0.493 e. The van der Waals surface area contributed by atoms with Crippen LogP contribution in [0.15, 0.2) is 18.2 Å². The Kier molecular flexibility index (Phi) is 5.88. The van der Waals surface area contributed by atoms with Crippen molar-refractivity contribution in [2.45, 2.75) is 19.4 Å². The normalized spacial score (nSPS) is 11.9. The van der Waals surface area contributed by atoms with E-state index in [0.29, 0.717) is 23.1 Å². The highest BCUT2D eigenvalue weighted by atomic mass is 32.1. The molecule has 1 atom stereocenters. The van der Waals surface area contributed by atoms with E-state index in [4.69, 9.17) is 32.2 Å². The number of ether oxygens (including phenoxy) is 3. The molecule has 18 heavy (non-hydrogen) atoms. The maximum absolute atomic E-state index is 5.78. The summed E-state index contributed by atoms with van der Waals surface area (Å²) in [6, 6.07) is 5.42. The number of hydrogen-bond donors (Lipinski definition) is 1. The third kappa shape index (κ3) is 4.16. The first-order valence-electron chi connectivity index (χ1n) is 5.72. The number of thiocarbonyl (C=S) groups is 1. The van der Waals surface area contributed by atoms with Crippen molar-refractivity contribution in [1.29, 1.82) is 0 Å². The second kappa shape index (κ2) is 7.18. The molecule has 2 N–H and O–H groups in total. The quantitative estimate of drug-likeness (QED) is 0.769. The minimum absolute atomic E-state index is 0.0505. The monoisotopic (exact) mass is 269 g/mol. The molecule has 1 rings (SSSR count). The summed E-state index contributed by atoms with van der Waals surface area (Å²) in [7, 11) is 3.26. The van der Waals surface area contributed by atoms with Crippen LogP contribution in [-0.4, -0.2) is 31.9 Å². The Balaban J connectivity index is 2.79. The molecule has 1 unspecified atom stereocenters. The van der Waals surface area contributed by atoms with E-state index in [9.17, 15) is 0 Å². The molecular weight excluding hydrogens is 250 g/mol. The maximum Gasteiger partial charge on any atom is 0.161 e. The second-order valence-electron chi connectivity index (χ2n) is 3.94. The van der Waals surface area contributed by atoms with Crippen molar-refractivity contribution in [2.24, 2.45) is 5.73 Å². The number of nitrogens with two attached hydrogens (primary N) is 1. The van der Waals surface area contributed by atoms with Crippen molar-refractivity contribution in [1.82, 2.24) is 0 Å². The van der Waals surface area contributed by atoms with Crippen molar-refractivity contribution in [3.8, 4) is 11.5 Å². The van der Waals surface area contributed by atoms with Gasteiger partial charge in [0.2, 0.25) is 0 Å². The van der Waals surface area contributed by atoms with E-state index in [-0.39, 0.29) is 6.10 Å². The summed E-state index contributed by atoms with van der Waals surface area (Å²) in [5, 5.41) is 0. The predicted octanol–water partition coefficient (Wildman–Crippen LogP) is 2.13.